The molecule has 0 bridgehead atoms. The molecule has 25 heavy (non-hydrogen) atoms. The Bertz CT molecular complexity index is 667. The molecule has 1 saturated heterocycles. The number of rotatable bonds is 4. The Balaban J connectivity index is 1.75. The van der Waals surface area contributed by atoms with Crippen molar-refractivity contribution in [3.63, 3.8) is 0 Å². The molecule has 2 fully saturated rings. The van der Waals surface area contributed by atoms with Gasteiger partial charge in [0, 0.05) is 12.6 Å². The van der Waals surface area contributed by atoms with Gasteiger partial charge in [0.2, 0.25) is 15.9 Å². The van der Waals surface area contributed by atoms with E-state index in [1.165, 1.54) is 17.1 Å². The van der Waals surface area contributed by atoms with E-state index in [4.69, 9.17) is 0 Å². The van der Waals surface area contributed by atoms with E-state index in [2.05, 4.69) is 5.32 Å². The molecule has 0 aromatic heterocycles. The number of carbonyl (C=O) groups is 1. The topological polar surface area (TPSA) is 66.5 Å². The summed E-state index contributed by atoms with van der Waals surface area (Å²) >= 11 is 0. The van der Waals surface area contributed by atoms with Crippen molar-refractivity contribution in [3.05, 3.63) is 30.3 Å². The summed E-state index contributed by atoms with van der Waals surface area (Å²) in [5.74, 6) is -0.119. The molecule has 1 aromatic carbocycles. The number of carbonyl (C=O) groups excluding carboxylic acids is 1. The van der Waals surface area contributed by atoms with Gasteiger partial charge in [-0.1, -0.05) is 50.3 Å². The first kappa shape index (κ1) is 18.4. The summed E-state index contributed by atoms with van der Waals surface area (Å²) in [4.78, 5) is 13.1. The van der Waals surface area contributed by atoms with E-state index in [0.717, 1.165) is 38.5 Å². The highest BCUT2D eigenvalue weighted by atomic mass is 32.2. The van der Waals surface area contributed by atoms with E-state index in [-0.39, 0.29) is 16.8 Å². The van der Waals surface area contributed by atoms with Crippen LogP contribution in [-0.2, 0) is 14.8 Å². The number of hydrogen-bond donors (Lipinski definition) is 1. The molecule has 1 amide bonds. The van der Waals surface area contributed by atoms with Crippen LogP contribution in [0.4, 0.5) is 0 Å². The van der Waals surface area contributed by atoms with Crippen molar-refractivity contribution in [2.45, 2.75) is 74.8 Å². The molecular formula is C19H28N2O3S. The van der Waals surface area contributed by atoms with Crippen molar-refractivity contribution < 1.29 is 13.2 Å². The molecule has 0 spiro atoms. The summed E-state index contributed by atoms with van der Waals surface area (Å²) in [5.41, 5.74) is 0. The summed E-state index contributed by atoms with van der Waals surface area (Å²) in [6, 6.07) is 8.05. The van der Waals surface area contributed by atoms with Crippen molar-refractivity contribution in [3.8, 4) is 0 Å². The summed E-state index contributed by atoms with van der Waals surface area (Å²) in [6.07, 6.45) is 9.04. The molecule has 1 atom stereocenters. The fourth-order valence-corrected chi connectivity index (χ4v) is 5.58. The number of sulfonamides is 1. The highest BCUT2D eigenvalue weighted by Crippen LogP contribution is 2.26. The Kier molecular flexibility index (Phi) is 6.12. The quantitative estimate of drug-likeness (QED) is 0.835. The standard InChI is InChI=1S/C19H28N2O3S/c22-19(20-16-10-4-1-2-5-11-16)18-14-8-9-15-21(18)25(23,24)17-12-6-3-7-13-17/h3,6-7,12-13,16,18H,1-2,4-5,8-11,14-15H2,(H,20,22). The Morgan fingerprint density at radius 1 is 0.920 bits per heavy atom. The SMILES string of the molecule is O=C(NC1CCCCCC1)C1CCCCN1S(=O)(=O)c1ccccc1. The minimum atomic E-state index is -3.63. The van der Waals surface area contributed by atoms with Crippen LogP contribution in [0.1, 0.15) is 57.8 Å². The second-order valence-corrected chi connectivity index (χ2v) is 9.03. The van der Waals surface area contributed by atoms with Crippen LogP contribution in [0.25, 0.3) is 0 Å². The second kappa shape index (κ2) is 8.32. The van der Waals surface area contributed by atoms with Gasteiger partial charge in [0.1, 0.15) is 6.04 Å². The average molecular weight is 365 g/mol. The molecule has 1 unspecified atom stereocenters. The lowest BCUT2D eigenvalue weighted by Crippen LogP contribution is -2.53. The lowest BCUT2D eigenvalue weighted by Gasteiger charge is -2.34. The molecule has 138 valence electrons. The van der Waals surface area contributed by atoms with Crippen molar-refractivity contribution in [2.75, 3.05) is 6.54 Å². The minimum Gasteiger partial charge on any atom is -0.352 e. The van der Waals surface area contributed by atoms with Gasteiger partial charge < -0.3 is 5.32 Å². The van der Waals surface area contributed by atoms with Gasteiger partial charge in [-0.2, -0.15) is 4.31 Å². The maximum absolute atomic E-state index is 13.0. The zero-order valence-corrected chi connectivity index (χ0v) is 15.5. The van der Waals surface area contributed by atoms with Crippen LogP contribution in [0.2, 0.25) is 0 Å². The van der Waals surface area contributed by atoms with Crippen molar-refractivity contribution >= 4 is 15.9 Å². The fraction of sp³-hybridized carbons (Fsp3) is 0.632. The average Bonchev–Trinajstić information content (AvgIpc) is 2.91. The summed E-state index contributed by atoms with van der Waals surface area (Å²) in [5, 5.41) is 3.14. The largest absolute Gasteiger partial charge is 0.352 e. The first-order chi connectivity index (χ1) is 12.1. The predicted octanol–water partition coefficient (Wildman–Crippen LogP) is 3.07. The molecule has 1 aromatic rings. The van der Waals surface area contributed by atoms with Crippen LogP contribution in [0.3, 0.4) is 0 Å². The summed E-state index contributed by atoms with van der Waals surface area (Å²) < 4.78 is 27.4. The molecular weight excluding hydrogens is 336 g/mol. The fourth-order valence-electron chi connectivity index (χ4n) is 3.90. The van der Waals surface area contributed by atoms with Crippen LogP contribution < -0.4 is 5.32 Å². The molecule has 1 heterocycles. The van der Waals surface area contributed by atoms with E-state index in [1.807, 2.05) is 0 Å². The Morgan fingerprint density at radius 3 is 2.24 bits per heavy atom. The van der Waals surface area contributed by atoms with E-state index in [0.29, 0.717) is 13.0 Å². The number of hydrogen-bond acceptors (Lipinski definition) is 3. The molecule has 2 aliphatic rings. The molecule has 5 nitrogen and oxygen atoms in total. The van der Waals surface area contributed by atoms with E-state index < -0.39 is 16.1 Å². The highest BCUT2D eigenvalue weighted by Gasteiger charge is 2.38. The van der Waals surface area contributed by atoms with E-state index in [1.54, 1.807) is 30.3 Å². The molecule has 3 rings (SSSR count). The van der Waals surface area contributed by atoms with E-state index in [9.17, 15) is 13.2 Å². The lowest BCUT2D eigenvalue weighted by molar-refractivity contribution is -0.126. The number of nitrogens with one attached hydrogen (secondary N) is 1. The molecule has 1 saturated carbocycles. The molecule has 1 aliphatic carbocycles. The van der Waals surface area contributed by atoms with Crippen LogP contribution >= 0.6 is 0 Å². The molecule has 1 aliphatic heterocycles. The van der Waals surface area contributed by atoms with Gasteiger partial charge in [-0.3, -0.25) is 4.79 Å². The summed E-state index contributed by atoms with van der Waals surface area (Å²) in [7, 11) is -3.63. The maximum atomic E-state index is 13.0. The Labute approximate surface area is 150 Å². The van der Waals surface area contributed by atoms with Gasteiger partial charge in [-0.25, -0.2) is 8.42 Å². The number of piperidine rings is 1. The zero-order chi connectivity index (χ0) is 17.7. The van der Waals surface area contributed by atoms with Gasteiger partial charge >= 0.3 is 0 Å². The summed E-state index contributed by atoms with van der Waals surface area (Å²) in [6.45, 7) is 0.417. The zero-order valence-electron chi connectivity index (χ0n) is 14.7. The van der Waals surface area contributed by atoms with Gasteiger partial charge in [-0.05, 0) is 37.8 Å². The molecule has 0 radical (unpaired) electrons. The second-order valence-electron chi connectivity index (χ2n) is 7.14. The Morgan fingerprint density at radius 2 is 1.56 bits per heavy atom. The molecule has 6 heteroatoms. The van der Waals surface area contributed by atoms with Crippen molar-refractivity contribution in [1.29, 1.82) is 0 Å². The van der Waals surface area contributed by atoms with Crippen LogP contribution in [0.15, 0.2) is 35.2 Å². The van der Waals surface area contributed by atoms with Gasteiger partial charge in [0.15, 0.2) is 0 Å². The highest BCUT2D eigenvalue weighted by molar-refractivity contribution is 7.89. The number of benzene rings is 1. The van der Waals surface area contributed by atoms with Gasteiger partial charge in [-0.15, -0.1) is 0 Å². The maximum Gasteiger partial charge on any atom is 0.243 e. The first-order valence-electron chi connectivity index (χ1n) is 9.46. The van der Waals surface area contributed by atoms with E-state index >= 15 is 0 Å². The third-order valence-corrected chi connectivity index (χ3v) is 7.23. The van der Waals surface area contributed by atoms with Crippen LogP contribution in [0.5, 0.6) is 0 Å². The minimum absolute atomic E-state index is 0.119. The normalized spacial score (nSPS) is 23.8. The van der Waals surface area contributed by atoms with Crippen LogP contribution in [0, 0.1) is 0 Å². The first-order valence-corrected chi connectivity index (χ1v) is 10.9. The van der Waals surface area contributed by atoms with Crippen LogP contribution in [-0.4, -0.2) is 37.3 Å². The van der Waals surface area contributed by atoms with Crippen molar-refractivity contribution in [2.24, 2.45) is 0 Å². The number of amides is 1. The van der Waals surface area contributed by atoms with Crippen molar-refractivity contribution in [1.82, 2.24) is 9.62 Å². The van der Waals surface area contributed by atoms with Gasteiger partial charge in [0.05, 0.1) is 4.90 Å². The van der Waals surface area contributed by atoms with Gasteiger partial charge in [0.25, 0.3) is 0 Å². The predicted molar refractivity (Wildman–Crippen MR) is 97.6 cm³/mol. The smallest absolute Gasteiger partial charge is 0.243 e. The number of nitrogens with zero attached hydrogens (tertiary/aromatic N) is 1. The molecule has 1 N–H and O–H groups in total. The third kappa shape index (κ3) is 4.42. The Hall–Kier alpha value is -1.40. The monoisotopic (exact) mass is 364 g/mol. The third-order valence-electron chi connectivity index (χ3n) is 5.31. The lowest BCUT2D eigenvalue weighted by atomic mass is 10.0.